The number of halogens is 1. The fourth-order valence-electron chi connectivity index (χ4n) is 3.17. The van der Waals surface area contributed by atoms with Crippen LogP contribution < -0.4 is 15.0 Å². The highest BCUT2D eigenvalue weighted by molar-refractivity contribution is 7.93. The number of carbonyl (C=O) groups excluding carboxylic acids is 1. The normalized spacial score (nSPS) is 17.9. The SMILES string of the molecule is CS(=O)(=O)C=CC(NC(=O)c1cnc(N2CC(F)C2)nc1Oc1ccccc1)C1CC1. The Hall–Kier alpha value is -3.01. The number of hydrogen-bond acceptors (Lipinski definition) is 7. The highest BCUT2D eigenvalue weighted by atomic mass is 32.2. The lowest BCUT2D eigenvalue weighted by Gasteiger charge is -2.34. The van der Waals surface area contributed by atoms with E-state index >= 15 is 0 Å². The number of benzene rings is 1. The molecule has 2 fully saturated rings. The van der Waals surface area contributed by atoms with Gasteiger partial charge < -0.3 is 15.0 Å². The van der Waals surface area contributed by atoms with Gasteiger partial charge in [-0.15, -0.1) is 0 Å². The molecule has 2 aliphatic rings. The Morgan fingerprint density at radius 2 is 2.00 bits per heavy atom. The first-order valence-electron chi connectivity index (χ1n) is 9.96. The fourth-order valence-corrected chi connectivity index (χ4v) is 3.62. The van der Waals surface area contributed by atoms with Gasteiger partial charge in [-0.05, 0) is 30.9 Å². The van der Waals surface area contributed by atoms with Gasteiger partial charge in [-0.3, -0.25) is 4.79 Å². The molecule has 1 aliphatic carbocycles. The van der Waals surface area contributed by atoms with Crippen LogP contribution in [0, 0.1) is 5.92 Å². The van der Waals surface area contributed by atoms with Crippen molar-refractivity contribution in [3.05, 3.63) is 53.6 Å². The van der Waals surface area contributed by atoms with E-state index in [0.29, 0.717) is 5.75 Å². The van der Waals surface area contributed by atoms with E-state index < -0.39 is 28.0 Å². The van der Waals surface area contributed by atoms with Crippen LogP contribution >= 0.6 is 0 Å². The second-order valence-corrected chi connectivity index (χ2v) is 9.73. The quantitative estimate of drug-likeness (QED) is 0.665. The zero-order valence-electron chi connectivity index (χ0n) is 16.9. The standard InChI is InChI=1S/C21H23FN4O4S/c1-31(28,29)10-9-18(14-7-8-14)24-19(27)17-11-23-21(26-12-15(22)13-26)25-20(17)30-16-5-3-2-4-6-16/h2-6,9-11,14-15,18H,7-8,12-13H2,1H3,(H,24,27). The number of carbonyl (C=O) groups is 1. The molecule has 10 heteroatoms. The highest BCUT2D eigenvalue weighted by Crippen LogP contribution is 2.34. The Kier molecular flexibility index (Phi) is 5.90. The smallest absolute Gasteiger partial charge is 0.258 e. The van der Waals surface area contributed by atoms with Crippen molar-refractivity contribution in [3.63, 3.8) is 0 Å². The molecule has 1 aromatic heterocycles. The minimum atomic E-state index is -3.31. The number of aromatic nitrogens is 2. The number of nitrogens with zero attached hydrogens (tertiary/aromatic N) is 3. The topological polar surface area (TPSA) is 101 Å². The van der Waals surface area contributed by atoms with Gasteiger partial charge in [0.2, 0.25) is 11.8 Å². The van der Waals surface area contributed by atoms with Crippen molar-refractivity contribution in [1.82, 2.24) is 15.3 Å². The van der Waals surface area contributed by atoms with Crippen molar-refractivity contribution in [2.75, 3.05) is 24.2 Å². The highest BCUT2D eigenvalue weighted by Gasteiger charge is 2.33. The van der Waals surface area contributed by atoms with Crippen molar-refractivity contribution in [3.8, 4) is 11.6 Å². The van der Waals surface area contributed by atoms with E-state index in [1.807, 2.05) is 6.07 Å². The van der Waals surface area contributed by atoms with Crippen molar-refractivity contribution >= 4 is 21.7 Å². The Morgan fingerprint density at radius 1 is 1.29 bits per heavy atom. The third-order valence-corrected chi connectivity index (χ3v) is 5.68. The lowest BCUT2D eigenvalue weighted by atomic mass is 10.1. The monoisotopic (exact) mass is 446 g/mol. The van der Waals surface area contributed by atoms with Crippen LogP contribution in [-0.4, -0.2) is 55.9 Å². The van der Waals surface area contributed by atoms with E-state index in [4.69, 9.17) is 4.74 Å². The second-order valence-electron chi connectivity index (χ2n) is 7.80. The molecule has 4 rings (SSSR count). The number of para-hydroxylation sites is 1. The molecule has 1 saturated carbocycles. The maximum Gasteiger partial charge on any atom is 0.258 e. The van der Waals surface area contributed by atoms with E-state index in [0.717, 1.165) is 24.5 Å². The first kappa shape index (κ1) is 21.2. The van der Waals surface area contributed by atoms with Crippen LogP contribution in [-0.2, 0) is 9.84 Å². The maximum atomic E-state index is 13.2. The summed E-state index contributed by atoms with van der Waals surface area (Å²) in [4.78, 5) is 23.2. The van der Waals surface area contributed by atoms with E-state index in [2.05, 4.69) is 15.3 Å². The third kappa shape index (κ3) is 5.57. The van der Waals surface area contributed by atoms with Gasteiger partial charge in [0.15, 0.2) is 9.84 Å². The molecule has 1 saturated heterocycles. The van der Waals surface area contributed by atoms with Gasteiger partial charge in [-0.25, -0.2) is 17.8 Å². The first-order valence-corrected chi connectivity index (χ1v) is 11.9. The number of hydrogen-bond donors (Lipinski definition) is 1. The van der Waals surface area contributed by atoms with Crippen molar-refractivity contribution in [2.24, 2.45) is 5.92 Å². The lowest BCUT2D eigenvalue weighted by Crippen LogP contribution is -2.49. The van der Waals surface area contributed by atoms with Crippen LogP contribution in [0.4, 0.5) is 10.3 Å². The Balaban J connectivity index is 1.59. The first-order chi connectivity index (χ1) is 14.8. The van der Waals surface area contributed by atoms with Crippen LogP contribution in [0.15, 0.2) is 48.0 Å². The molecule has 1 aromatic carbocycles. The molecular weight excluding hydrogens is 423 g/mol. The van der Waals surface area contributed by atoms with Gasteiger partial charge in [0.05, 0.1) is 19.1 Å². The molecule has 2 aromatic rings. The summed E-state index contributed by atoms with van der Waals surface area (Å²) in [7, 11) is -3.31. The number of rotatable bonds is 8. The molecule has 0 spiro atoms. The molecule has 8 nitrogen and oxygen atoms in total. The average Bonchev–Trinajstić information content (AvgIpc) is 3.54. The number of amides is 1. The molecule has 2 heterocycles. The number of ether oxygens (including phenoxy) is 1. The van der Waals surface area contributed by atoms with Crippen LogP contribution in [0.1, 0.15) is 23.2 Å². The second kappa shape index (κ2) is 8.62. The number of alkyl halides is 1. The number of anilines is 1. The van der Waals surface area contributed by atoms with Gasteiger partial charge in [-0.1, -0.05) is 24.3 Å². The summed E-state index contributed by atoms with van der Waals surface area (Å²) < 4.78 is 42.0. The summed E-state index contributed by atoms with van der Waals surface area (Å²) in [5.41, 5.74) is 0.114. The Morgan fingerprint density at radius 3 is 2.61 bits per heavy atom. The molecule has 1 unspecified atom stereocenters. The summed E-state index contributed by atoms with van der Waals surface area (Å²) >= 11 is 0. The zero-order valence-corrected chi connectivity index (χ0v) is 17.8. The van der Waals surface area contributed by atoms with Gasteiger partial charge in [-0.2, -0.15) is 4.98 Å². The van der Waals surface area contributed by atoms with Crippen LogP contribution in [0.5, 0.6) is 11.6 Å². The van der Waals surface area contributed by atoms with Gasteiger partial charge in [0.1, 0.15) is 17.5 Å². The lowest BCUT2D eigenvalue weighted by molar-refractivity contribution is 0.0937. The average molecular weight is 447 g/mol. The molecule has 164 valence electrons. The summed E-state index contributed by atoms with van der Waals surface area (Å²) in [5, 5.41) is 3.96. The summed E-state index contributed by atoms with van der Waals surface area (Å²) in [5.74, 6) is 0.538. The predicted octanol–water partition coefficient (Wildman–Crippen LogP) is 2.49. The molecule has 0 radical (unpaired) electrons. The van der Waals surface area contributed by atoms with E-state index in [-0.39, 0.29) is 36.4 Å². The Bertz CT molecular complexity index is 1080. The molecular formula is C21H23FN4O4S. The summed E-state index contributed by atoms with van der Waals surface area (Å²) in [6, 6.07) is 8.45. The van der Waals surface area contributed by atoms with Crippen molar-refractivity contribution < 1.29 is 22.3 Å². The zero-order chi connectivity index (χ0) is 22.0. The largest absolute Gasteiger partial charge is 0.438 e. The molecule has 1 atom stereocenters. The van der Waals surface area contributed by atoms with Gasteiger partial charge in [0.25, 0.3) is 5.91 Å². The van der Waals surface area contributed by atoms with Crippen LogP contribution in [0.2, 0.25) is 0 Å². The minimum Gasteiger partial charge on any atom is -0.438 e. The van der Waals surface area contributed by atoms with Gasteiger partial charge in [0, 0.05) is 17.9 Å². The maximum absolute atomic E-state index is 13.2. The van der Waals surface area contributed by atoms with Crippen LogP contribution in [0.3, 0.4) is 0 Å². The Labute approximate surface area is 180 Å². The number of sulfone groups is 1. The van der Waals surface area contributed by atoms with Crippen molar-refractivity contribution in [1.29, 1.82) is 0 Å². The number of nitrogens with one attached hydrogen (secondary N) is 1. The molecule has 0 bridgehead atoms. The minimum absolute atomic E-state index is 0.0534. The summed E-state index contributed by atoms with van der Waals surface area (Å²) in [6.07, 6.45) is 4.84. The fraction of sp³-hybridized carbons (Fsp3) is 0.381. The van der Waals surface area contributed by atoms with Crippen molar-refractivity contribution in [2.45, 2.75) is 25.1 Å². The van der Waals surface area contributed by atoms with E-state index in [1.165, 1.54) is 12.3 Å². The molecule has 1 aliphatic heterocycles. The van der Waals surface area contributed by atoms with E-state index in [1.54, 1.807) is 29.2 Å². The molecule has 1 amide bonds. The molecule has 1 N–H and O–H groups in total. The van der Waals surface area contributed by atoms with Crippen LogP contribution in [0.25, 0.3) is 0 Å². The van der Waals surface area contributed by atoms with Gasteiger partial charge >= 0.3 is 0 Å². The third-order valence-electron chi connectivity index (χ3n) is 5.02. The predicted molar refractivity (Wildman–Crippen MR) is 114 cm³/mol. The summed E-state index contributed by atoms with van der Waals surface area (Å²) in [6.45, 7) is 0.382. The van der Waals surface area contributed by atoms with E-state index in [9.17, 15) is 17.6 Å². The molecule has 31 heavy (non-hydrogen) atoms.